The molecule has 0 radical (unpaired) electrons. The second kappa shape index (κ2) is 9.32. The summed E-state index contributed by atoms with van der Waals surface area (Å²) < 4.78 is 5.09. The van der Waals surface area contributed by atoms with Gasteiger partial charge in [-0.25, -0.2) is 9.59 Å². The van der Waals surface area contributed by atoms with Crippen molar-refractivity contribution in [1.29, 1.82) is 0 Å². The largest absolute Gasteiger partial charge is 0.497 e. The fraction of sp³-hybridized carbons (Fsp3) is 0.263. The van der Waals surface area contributed by atoms with Crippen molar-refractivity contribution in [3.05, 3.63) is 65.7 Å². The van der Waals surface area contributed by atoms with Crippen molar-refractivity contribution in [2.75, 3.05) is 13.7 Å². The average molecular weight is 342 g/mol. The number of amides is 2. The van der Waals surface area contributed by atoms with Crippen LogP contribution in [0, 0.1) is 0 Å². The van der Waals surface area contributed by atoms with E-state index in [1.165, 1.54) is 0 Å². The molecule has 0 bridgehead atoms. The van der Waals surface area contributed by atoms with Crippen molar-refractivity contribution in [1.82, 2.24) is 10.6 Å². The van der Waals surface area contributed by atoms with E-state index in [9.17, 15) is 14.7 Å². The van der Waals surface area contributed by atoms with E-state index in [1.807, 2.05) is 54.6 Å². The molecule has 0 saturated heterocycles. The third-order valence-electron chi connectivity index (χ3n) is 3.74. The van der Waals surface area contributed by atoms with Gasteiger partial charge in [-0.15, -0.1) is 0 Å². The van der Waals surface area contributed by atoms with Gasteiger partial charge in [0.25, 0.3) is 0 Å². The normalized spacial score (nSPS) is 11.4. The first-order chi connectivity index (χ1) is 12.1. The van der Waals surface area contributed by atoms with Gasteiger partial charge in [0.2, 0.25) is 0 Å². The van der Waals surface area contributed by atoms with Crippen molar-refractivity contribution >= 4 is 12.0 Å². The Morgan fingerprint density at radius 3 is 2.32 bits per heavy atom. The van der Waals surface area contributed by atoms with Crippen LogP contribution in [0.2, 0.25) is 0 Å². The number of benzene rings is 2. The van der Waals surface area contributed by atoms with Crippen molar-refractivity contribution in [3.63, 3.8) is 0 Å². The molecule has 132 valence electrons. The van der Waals surface area contributed by atoms with Gasteiger partial charge in [0, 0.05) is 13.0 Å². The topological polar surface area (TPSA) is 87.7 Å². The van der Waals surface area contributed by atoms with Gasteiger partial charge < -0.3 is 20.5 Å². The number of urea groups is 1. The molecular formula is C19H22N2O4. The molecule has 2 aromatic carbocycles. The molecule has 1 atom stereocenters. The predicted octanol–water partition coefficient (Wildman–Crippen LogP) is 2.23. The molecule has 2 aromatic rings. The zero-order valence-corrected chi connectivity index (χ0v) is 14.1. The molecule has 3 N–H and O–H groups in total. The van der Waals surface area contributed by atoms with E-state index in [2.05, 4.69) is 10.6 Å². The predicted molar refractivity (Wildman–Crippen MR) is 94.8 cm³/mol. The van der Waals surface area contributed by atoms with Gasteiger partial charge in [-0.1, -0.05) is 42.5 Å². The van der Waals surface area contributed by atoms with Gasteiger partial charge in [-0.2, -0.15) is 0 Å². The zero-order valence-electron chi connectivity index (χ0n) is 14.1. The average Bonchev–Trinajstić information content (AvgIpc) is 2.62. The summed E-state index contributed by atoms with van der Waals surface area (Å²) in [5, 5.41) is 14.5. The highest BCUT2D eigenvalue weighted by atomic mass is 16.5. The summed E-state index contributed by atoms with van der Waals surface area (Å²) in [4.78, 5) is 23.3. The van der Waals surface area contributed by atoms with E-state index in [0.717, 1.165) is 16.9 Å². The molecule has 2 amide bonds. The van der Waals surface area contributed by atoms with Crippen LogP contribution in [0.15, 0.2) is 54.6 Å². The van der Waals surface area contributed by atoms with E-state index in [1.54, 1.807) is 7.11 Å². The Labute approximate surface area is 146 Å². The standard InChI is InChI=1S/C19H22N2O4/c1-25-16-9-7-14(8-10-16)11-12-20-19(24)21-17(18(22)23)13-15-5-3-2-4-6-15/h2-10,17H,11-13H2,1H3,(H,22,23)(H2,20,21,24)/t17-/m0/s1. The Hall–Kier alpha value is -3.02. The summed E-state index contributed by atoms with van der Waals surface area (Å²) in [5.41, 5.74) is 1.91. The van der Waals surface area contributed by atoms with Crippen LogP contribution in [0.1, 0.15) is 11.1 Å². The van der Waals surface area contributed by atoms with Gasteiger partial charge in [0.15, 0.2) is 0 Å². The number of carbonyl (C=O) groups is 2. The number of nitrogens with one attached hydrogen (secondary N) is 2. The van der Waals surface area contributed by atoms with Crippen LogP contribution >= 0.6 is 0 Å². The summed E-state index contributed by atoms with van der Waals surface area (Å²) in [6, 6.07) is 15.3. The fourth-order valence-corrected chi connectivity index (χ4v) is 2.37. The van der Waals surface area contributed by atoms with E-state index >= 15 is 0 Å². The third kappa shape index (κ3) is 6.18. The number of hydrogen-bond donors (Lipinski definition) is 3. The highest BCUT2D eigenvalue weighted by Crippen LogP contribution is 2.11. The number of hydrogen-bond acceptors (Lipinski definition) is 3. The minimum atomic E-state index is -1.06. The molecule has 0 heterocycles. The lowest BCUT2D eigenvalue weighted by Gasteiger charge is -2.15. The molecular weight excluding hydrogens is 320 g/mol. The van der Waals surface area contributed by atoms with Crippen molar-refractivity contribution in [3.8, 4) is 5.75 Å². The minimum absolute atomic E-state index is 0.238. The Balaban J connectivity index is 1.79. The summed E-state index contributed by atoms with van der Waals surface area (Å²) in [5.74, 6) is -0.283. The van der Waals surface area contributed by atoms with Crippen LogP contribution in [0.4, 0.5) is 4.79 Å². The Kier molecular flexibility index (Phi) is 6.83. The second-order valence-electron chi connectivity index (χ2n) is 5.58. The van der Waals surface area contributed by atoms with Crippen LogP contribution in [-0.4, -0.2) is 36.8 Å². The maximum Gasteiger partial charge on any atom is 0.326 e. The lowest BCUT2D eigenvalue weighted by Crippen LogP contribution is -2.47. The summed E-state index contributed by atoms with van der Waals surface area (Å²) in [6.45, 7) is 0.413. The number of methoxy groups -OCH3 is 1. The molecule has 0 aliphatic heterocycles. The smallest absolute Gasteiger partial charge is 0.326 e. The molecule has 6 nitrogen and oxygen atoms in total. The lowest BCUT2D eigenvalue weighted by atomic mass is 10.1. The summed E-state index contributed by atoms with van der Waals surface area (Å²) >= 11 is 0. The molecule has 0 aromatic heterocycles. The molecule has 2 rings (SSSR count). The molecule has 6 heteroatoms. The van der Waals surface area contributed by atoms with Gasteiger partial charge in [0.1, 0.15) is 11.8 Å². The first-order valence-corrected chi connectivity index (χ1v) is 8.02. The minimum Gasteiger partial charge on any atom is -0.497 e. The maximum atomic E-state index is 11.9. The summed E-state index contributed by atoms with van der Waals surface area (Å²) in [6.07, 6.45) is 0.885. The Morgan fingerprint density at radius 1 is 1.04 bits per heavy atom. The van der Waals surface area contributed by atoms with Crippen LogP contribution < -0.4 is 15.4 Å². The molecule has 0 aliphatic carbocycles. The van der Waals surface area contributed by atoms with Crippen molar-refractivity contribution in [2.45, 2.75) is 18.9 Å². The highest BCUT2D eigenvalue weighted by Gasteiger charge is 2.20. The molecule has 25 heavy (non-hydrogen) atoms. The Bertz CT molecular complexity index is 686. The van der Waals surface area contributed by atoms with Gasteiger partial charge in [-0.05, 0) is 29.7 Å². The third-order valence-corrected chi connectivity index (χ3v) is 3.74. The quantitative estimate of drug-likeness (QED) is 0.686. The molecule has 0 saturated carbocycles. The van der Waals surface area contributed by atoms with E-state index in [4.69, 9.17) is 4.74 Å². The fourth-order valence-electron chi connectivity index (χ4n) is 2.37. The monoisotopic (exact) mass is 342 g/mol. The first kappa shape index (κ1) is 18.3. The number of rotatable bonds is 8. The van der Waals surface area contributed by atoms with Gasteiger partial charge >= 0.3 is 12.0 Å². The maximum absolute atomic E-state index is 11.9. The van der Waals surface area contributed by atoms with E-state index in [0.29, 0.717) is 13.0 Å². The number of ether oxygens (including phenoxy) is 1. The first-order valence-electron chi connectivity index (χ1n) is 8.02. The van der Waals surface area contributed by atoms with E-state index in [-0.39, 0.29) is 6.42 Å². The van der Waals surface area contributed by atoms with Crippen LogP contribution in [-0.2, 0) is 17.6 Å². The summed E-state index contributed by atoms with van der Waals surface area (Å²) in [7, 11) is 1.61. The molecule has 0 spiro atoms. The highest BCUT2D eigenvalue weighted by molar-refractivity contribution is 5.82. The van der Waals surface area contributed by atoms with Crippen LogP contribution in [0.5, 0.6) is 5.75 Å². The molecule has 0 fully saturated rings. The number of carboxylic acids is 1. The van der Waals surface area contributed by atoms with Crippen LogP contribution in [0.3, 0.4) is 0 Å². The SMILES string of the molecule is COc1ccc(CCNC(=O)N[C@@H](Cc2ccccc2)C(=O)O)cc1. The molecule has 0 aliphatic rings. The number of carbonyl (C=O) groups excluding carboxylic acids is 1. The lowest BCUT2D eigenvalue weighted by molar-refractivity contribution is -0.139. The second-order valence-corrected chi connectivity index (χ2v) is 5.58. The number of aliphatic carboxylic acids is 1. The number of carboxylic acid groups (broad SMARTS) is 1. The Morgan fingerprint density at radius 2 is 1.72 bits per heavy atom. The molecule has 0 unspecified atom stereocenters. The van der Waals surface area contributed by atoms with Crippen molar-refractivity contribution in [2.24, 2.45) is 0 Å². The van der Waals surface area contributed by atoms with E-state index < -0.39 is 18.0 Å². The zero-order chi connectivity index (χ0) is 18.1. The van der Waals surface area contributed by atoms with Gasteiger partial charge in [0.05, 0.1) is 7.11 Å². The van der Waals surface area contributed by atoms with Crippen molar-refractivity contribution < 1.29 is 19.4 Å². The van der Waals surface area contributed by atoms with Gasteiger partial charge in [-0.3, -0.25) is 0 Å². The van der Waals surface area contributed by atoms with Crippen LogP contribution in [0.25, 0.3) is 0 Å².